The molecule has 0 saturated carbocycles. The number of nitrogens with one attached hydrogen (secondary N) is 1. The van der Waals surface area contributed by atoms with E-state index >= 15 is 0 Å². The highest BCUT2D eigenvalue weighted by Gasteiger charge is 2.01. The molecular formula is C18H35N. The fourth-order valence-electron chi connectivity index (χ4n) is 2.42. The Morgan fingerprint density at radius 3 is 1.84 bits per heavy atom. The van der Waals surface area contributed by atoms with Crippen LogP contribution in [0.3, 0.4) is 0 Å². The summed E-state index contributed by atoms with van der Waals surface area (Å²) in [5, 5.41) is 3.55. The average molecular weight is 265 g/mol. The van der Waals surface area contributed by atoms with Crippen molar-refractivity contribution in [3.8, 4) is 12.3 Å². The predicted octanol–water partition coefficient (Wildman–Crippen LogP) is 5.30. The van der Waals surface area contributed by atoms with Crippen molar-refractivity contribution in [2.45, 2.75) is 96.9 Å². The summed E-state index contributed by atoms with van der Waals surface area (Å²) in [5.74, 6) is 2.75. The summed E-state index contributed by atoms with van der Waals surface area (Å²) in [7, 11) is 0. The maximum Gasteiger partial charge on any atom is 0.0240 e. The first-order valence-corrected chi connectivity index (χ1v) is 8.52. The molecular weight excluding hydrogens is 230 g/mol. The fraction of sp³-hybridized carbons (Fsp3) is 0.889. The molecule has 0 spiro atoms. The van der Waals surface area contributed by atoms with Gasteiger partial charge in [-0.1, -0.05) is 71.6 Å². The third-order valence-electron chi connectivity index (χ3n) is 3.82. The number of unbranched alkanes of at least 4 members (excludes halogenated alkanes) is 9. The molecule has 0 aliphatic heterocycles. The van der Waals surface area contributed by atoms with Crippen molar-refractivity contribution >= 4 is 0 Å². The van der Waals surface area contributed by atoms with Gasteiger partial charge in [0.15, 0.2) is 0 Å². The van der Waals surface area contributed by atoms with Crippen LogP contribution in [0.1, 0.15) is 90.9 Å². The van der Waals surface area contributed by atoms with E-state index in [1.807, 2.05) is 0 Å². The average Bonchev–Trinajstić information content (AvgIpc) is 2.43. The van der Waals surface area contributed by atoms with Gasteiger partial charge in [0.25, 0.3) is 0 Å². The Morgan fingerprint density at radius 2 is 1.37 bits per heavy atom. The molecule has 1 N–H and O–H groups in total. The van der Waals surface area contributed by atoms with E-state index in [0.717, 1.165) is 19.4 Å². The number of hydrogen-bond acceptors (Lipinski definition) is 1. The summed E-state index contributed by atoms with van der Waals surface area (Å²) in [4.78, 5) is 0. The first-order valence-electron chi connectivity index (χ1n) is 8.52. The van der Waals surface area contributed by atoms with Gasteiger partial charge in [-0.15, -0.1) is 12.3 Å². The van der Waals surface area contributed by atoms with Crippen molar-refractivity contribution in [2.75, 3.05) is 6.54 Å². The molecule has 0 bridgehead atoms. The molecule has 112 valence electrons. The number of rotatable bonds is 14. The zero-order chi connectivity index (χ0) is 14.2. The Morgan fingerprint density at radius 1 is 0.842 bits per heavy atom. The lowest BCUT2D eigenvalue weighted by Crippen LogP contribution is -2.28. The molecule has 0 aromatic rings. The molecule has 1 heteroatoms. The second kappa shape index (κ2) is 15.6. The second-order valence-electron chi connectivity index (χ2n) is 5.65. The maximum atomic E-state index is 5.34. The molecule has 1 atom stereocenters. The van der Waals surface area contributed by atoms with E-state index in [4.69, 9.17) is 6.42 Å². The highest BCUT2D eigenvalue weighted by molar-refractivity contribution is 4.89. The Labute approximate surface area is 121 Å². The summed E-state index contributed by atoms with van der Waals surface area (Å²) in [5.41, 5.74) is 0. The molecule has 1 unspecified atom stereocenters. The monoisotopic (exact) mass is 265 g/mol. The molecule has 0 rings (SSSR count). The van der Waals surface area contributed by atoms with Crippen molar-refractivity contribution in [3.05, 3.63) is 0 Å². The number of hydrogen-bond donors (Lipinski definition) is 1. The Bertz CT molecular complexity index is 204. The van der Waals surface area contributed by atoms with E-state index in [2.05, 4.69) is 25.1 Å². The van der Waals surface area contributed by atoms with Crippen LogP contribution in [0.5, 0.6) is 0 Å². The highest BCUT2D eigenvalue weighted by atomic mass is 14.9. The lowest BCUT2D eigenvalue weighted by molar-refractivity contribution is 0.482. The smallest absolute Gasteiger partial charge is 0.0240 e. The Hall–Kier alpha value is -0.480. The lowest BCUT2D eigenvalue weighted by atomic mass is 10.1. The van der Waals surface area contributed by atoms with Crippen LogP contribution in [0.2, 0.25) is 0 Å². The molecule has 0 aromatic carbocycles. The fourth-order valence-corrected chi connectivity index (χ4v) is 2.42. The first kappa shape index (κ1) is 18.5. The van der Waals surface area contributed by atoms with Gasteiger partial charge in [0, 0.05) is 12.5 Å². The van der Waals surface area contributed by atoms with Crippen LogP contribution in [-0.4, -0.2) is 12.6 Å². The minimum absolute atomic E-state index is 0.531. The van der Waals surface area contributed by atoms with E-state index in [0.29, 0.717) is 6.04 Å². The van der Waals surface area contributed by atoms with Gasteiger partial charge in [-0.05, 0) is 19.4 Å². The highest BCUT2D eigenvalue weighted by Crippen LogP contribution is 2.10. The third-order valence-corrected chi connectivity index (χ3v) is 3.82. The summed E-state index contributed by atoms with van der Waals surface area (Å²) >= 11 is 0. The van der Waals surface area contributed by atoms with Gasteiger partial charge in [0.1, 0.15) is 0 Å². The van der Waals surface area contributed by atoms with Crippen molar-refractivity contribution in [2.24, 2.45) is 0 Å². The minimum Gasteiger partial charge on any atom is -0.313 e. The van der Waals surface area contributed by atoms with Crippen LogP contribution in [0.4, 0.5) is 0 Å². The van der Waals surface area contributed by atoms with E-state index in [-0.39, 0.29) is 0 Å². The van der Waals surface area contributed by atoms with E-state index in [1.54, 1.807) is 0 Å². The number of terminal acetylenes is 1. The molecule has 0 aliphatic carbocycles. The van der Waals surface area contributed by atoms with Gasteiger partial charge < -0.3 is 5.32 Å². The third kappa shape index (κ3) is 13.7. The van der Waals surface area contributed by atoms with Crippen molar-refractivity contribution in [1.82, 2.24) is 5.32 Å². The SMILES string of the molecule is C#CCC(CC)NCCCCCCCCCCCC. The first-order chi connectivity index (χ1) is 9.35. The summed E-state index contributed by atoms with van der Waals surface area (Å²) in [6.07, 6.45) is 21.4. The molecule has 0 radical (unpaired) electrons. The summed E-state index contributed by atoms with van der Waals surface area (Å²) < 4.78 is 0. The van der Waals surface area contributed by atoms with Crippen LogP contribution < -0.4 is 5.32 Å². The van der Waals surface area contributed by atoms with Crippen LogP contribution in [-0.2, 0) is 0 Å². The predicted molar refractivity (Wildman–Crippen MR) is 87.4 cm³/mol. The van der Waals surface area contributed by atoms with Gasteiger partial charge in [-0.25, -0.2) is 0 Å². The zero-order valence-corrected chi connectivity index (χ0v) is 13.3. The van der Waals surface area contributed by atoms with Gasteiger partial charge in [0.2, 0.25) is 0 Å². The van der Waals surface area contributed by atoms with Gasteiger partial charge in [0.05, 0.1) is 0 Å². The molecule has 0 saturated heterocycles. The minimum atomic E-state index is 0.531. The van der Waals surface area contributed by atoms with Crippen LogP contribution in [0, 0.1) is 12.3 Å². The molecule has 0 aromatic heterocycles. The topological polar surface area (TPSA) is 12.0 Å². The van der Waals surface area contributed by atoms with E-state index in [1.165, 1.54) is 64.2 Å². The zero-order valence-electron chi connectivity index (χ0n) is 13.3. The standard InChI is InChI=1S/C18H35N/c1-4-7-8-9-10-11-12-13-14-15-17-19-18(6-3)16-5-2/h2,18-19H,4,6-17H2,1,3H3. The molecule has 0 aliphatic rings. The second-order valence-corrected chi connectivity index (χ2v) is 5.65. The van der Waals surface area contributed by atoms with Crippen LogP contribution in [0.25, 0.3) is 0 Å². The Kier molecular flexibility index (Phi) is 15.2. The molecule has 0 fully saturated rings. The largest absolute Gasteiger partial charge is 0.313 e. The Balaban J connectivity index is 3.12. The molecule has 19 heavy (non-hydrogen) atoms. The van der Waals surface area contributed by atoms with Gasteiger partial charge in [-0.2, -0.15) is 0 Å². The lowest BCUT2D eigenvalue weighted by Gasteiger charge is -2.13. The van der Waals surface area contributed by atoms with Gasteiger partial charge in [-0.3, -0.25) is 0 Å². The van der Waals surface area contributed by atoms with Crippen molar-refractivity contribution < 1.29 is 0 Å². The van der Waals surface area contributed by atoms with E-state index < -0.39 is 0 Å². The van der Waals surface area contributed by atoms with Gasteiger partial charge >= 0.3 is 0 Å². The molecule has 1 nitrogen and oxygen atoms in total. The maximum absolute atomic E-state index is 5.34. The summed E-state index contributed by atoms with van der Waals surface area (Å²) in [6, 6.07) is 0.531. The van der Waals surface area contributed by atoms with E-state index in [9.17, 15) is 0 Å². The van der Waals surface area contributed by atoms with Crippen LogP contribution in [0.15, 0.2) is 0 Å². The molecule has 0 heterocycles. The quantitative estimate of drug-likeness (QED) is 0.332. The van der Waals surface area contributed by atoms with Crippen LogP contribution >= 0.6 is 0 Å². The normalized spacial score (nSPS) is 12.3. The molecule has 0 amide bonds. The van der Waals surface area contributed by atoms with Crippen molar-refractivity contribution in [3.63, 3.8) is 0 Å². The summed E-state index contributed by atoms with van der Waals surface area (Å²) in [6.45, 7) is 5.62. The van der Waals surface area contributed by atoms with Crippen molar-refractivity contribution in [1.29, 1.82) is 0 Å².